The van der Waals surface area contributed by atoms with Gasteiger partial charge in [0.1, 0.15) is 0 Å². The maximum absolute atomic E-state index is 8.77. The maximum Gasteiger partial charge on any atom is 0.178 e. The van der Waals surface area contributed by atoms with Gasteiger partial charge in [-0.1, -0.05) is 12.1 Å². The highest BCUT2D eigenvalue weighted by Crippen LogP contribution is 2.20. The van der Waals surface area contributed by atoms with Gasteiger partial charge in [0, 0.05) is 11.1 Å². The molecule has 0 unspecified atom stereocenters. The highest BCUT2D eigenvalue weighted by atomic mass is 16.5. The van der Waals surface area contributed by atoms with Crippen LogP contribution >= 0.6 is 0 Å². The molecule has 0 aliphatic carbocycles. The lowest BCUT2D eigenvalue weighted by atomic mass is 10.1. The fourth-order valence-corrected chi connectivity index (χ4v) is 0.914. The first-order chi connectivity index (χ1) is 5.63. The van der Waals surface area contributed by atoms with E-state index in [-0.39, 0.29) is 11.1 Å². The fourth-order valence-electron chi connectivity index (χ4n) is 0.914. The molecule has 1 radical (unpaired) electrons. The molecule has 0 spiro atoms. The zero-order valence-corrected chi connectivity index (χ0v) is 6.18. The number of rotatable bonds is 2. The van der Waals surface area contributed by atoms with E-state index in [1.807, 2.05) is 0 Å². The molecule has 0 aliphatic rings. The lowest BCUT2D eigenvalue weighted by molar-refractivity contribution is -0.0634. The van der Waals surface area contributed by atoms with Crippen molar-refractivity contribution < 1.29 is 20.4 Å². The van der Waals surface area contributed by atoms with E-state index in [1.54, 1.807) is 0 Å². The summed E-state index contributed by atoms with van der Waals surface area (Å²) in [6.07, 6.45) is -3.41. The second-order valence-corrected chi connectivity index (χ2v) is 2.30. The van der Waals surface area contributed by atoms with Crippen molar-refractivity contribution in [3.63, 3.8) is 0 Å². The smallest absolute Gasteiger partial charge is 0.178 e. The average molecular weight is 169 g/mol. The number of aliphatic hydroxyl groups is 4. The Labute approximate surface area is 69.3 Å². The Balaban J connectivity index is 3.09. The molecule has 65 valence electrons. The predicted octanol–water partition coefficient (Wildman–Crippen LogP) is -0.547. The highest BCUT2D eigenvalue weighted by Gasteiger charge is 2.12. The predicted molar refractivity (Wildman–Crippen MR) is 39.6 cm³/mol. The summed E-state index contributed by atoms with van der Waals surface area (Å²) in [7, 11) is 0. The van der Waals surface area contributed by atoms with Gasteiger partial charge in [-0.25, -0.2) is 0 Å². The third kappa shape index (κ3) is 1.80. The van der Waals surface area contributed by atoms with E-state index < -0.39 is 12.6 Å². The first-order valence-corrected chi connectivity index (χ1v) is 3.35. The second kappa shape index (κ2) is 3.64. The Hall–Kier alpha value is -0.940. The van der Waals surface area contributed by atoms with Crippen LogP contribution in [0.25, 0.3) is 0 Å². The molecule has 0 aliphatic heterocycles. The summed E-state index contributed by atoms with van der Waals surface area (Å²) in [5.41, 5.74) is 0.122. The van der Waals surface area contributed by atoms with Crippen molar-refractivity contribution in [3.05, 3.63) is 35.4 Å². The van der Waals surface area contributed by atoms with Crippen molar-refractivity contribution in [1.29, 1.82) is 0 Å². The molecule has 0 heterocycles. The largest absolute Gasteiger partial charge is 0.364 e. The Morgan fingerprint density at radius 3 is 2.00 bits per heavy atom. The Morgan fingerprint density at radius 1 is 1.00 bits per heavy atom. The highest BCUT2D eigenvalue weighted by molar-refractivity contribution is 5.27. The molecule has 0 amide bonds. The minimum absolute atomic E-state index is 0.0486. The molecular weight excluding hydrogens is 160 g/mol. The zero-order valence-electron chi connectivity index (χ0n) is 6.18. The summed E-state index contributed by atoms with van der Waals surface area (Å²) in [6, 6.07) is 6.71. The van der Waals surface area contributed by atoms with Crippen LogP contribution in [0.15, 0.2) is 18.2 Å². The molecule has 0 fully saturated rings. The van der Waals surface area contributed by atoms with Gasteiger partial charge in [0.2, 0.25) is 0 Å². The van der Waals surface area contributed by atoms with E-state index in [2.05, 4.69) is 6.07 Å². The molecule has 0 saturated carbocycles. The number of hydrogen-bond acceptors (Lipinski definition) is 4. The lowest BCUT2D eigenvalue weighted by Gasteiger charge is -2.11. The Morgan fingerprint density at radius 2 is 1.58 bits per heavy atom. The molecule has 0 saturated heterocycles. The molecule has 0 atom stereocenters. The summed E-state index contributed by atoms with van der Waals surface area (Å²) in [4.78, 5) is 0. The van der Waals surface area contributed by atoms with Gasteiger partial charge in [0.25, 0.3) is 0 Å². The molecule has 1 rings (SSSR count). The quantitative estimate of drug-likeness (QED) is 0.448. The standard InChI is InChI=1S/C8H9O4/c9-7(10)5-3-1-2-4-6(5)8(11)12/h1,3-4,7-12H. The van der Waals surface area contributed by atoms with Gasteiger partial charge in [0.15, 0.2) is 12.6 Å². The second-order valence-electron chi connectivity index (χ2n) is 2.30. The van der Waals surface area contributed by atoms with Crippen LogP contribution in [0.3, 0.4) is 0 Å². The van der Waals surface area contributed by atoms with Crippen molar-refractivity contribution in [3.8, 4) is 0 Å². The van der Waals surface area contributed by atoms with E-state index in [4.69, 9.17) is 20.4 Å². The van der Waals surface area contributed by atoms with E-state index in [0.29, 0.717) is 0 Å². The summed E-state index contributed by atoms with van der Waals surface area (Å²) >= 11 is 0. The van der Waals surface area contributed by atoms with Crippen molar-refractivity contribution >= 4 is 0 Å². The van der Waals surface area contributed by atoms with Gasteiger partial charge in [-0.15, -0.1) is 0 Å². The topological polar surface area (TPSA) is 80.9 Å². The van der Waals surface area contributed by atoms with Crippen LogP contribution in [0, 0.1) is 6.07 Å². The van der Waals surface area contributed by atoms with Crippen molar-refractivity contribution in [2.45, 2.75) is 12.6 Å². The van der Waals surface area contributed by atoms with Gasteiger partial charge < -0.3 is 20.4 Å². The maximum atomic E-state index is 8.77. The van der Waals surface area contributed by atoms with Crippen molar-refractivity contribution in [2.75, 3.05) is 0 Å². The summed E-state index contributed by atoms with van der Waals surface area (Å²) in [5, 5.41) is 35.1. The van der Waals surface area contributed by atoms with Gasteiger partial charge in [-0.05, 0) is 12.1 Å². The summed E-state index contributed by atoms with van der Waals surface area (Å²) in [5.74, 6) is 0. The minimum Gasteiger partial charge on any atom is -0.364 e. The number of hydrogen-bond donors (Lipinski definition) is 4. The number of aliphatic hydroxyl groups excluding tert-OH is 2. The van der Waals surface area contributed by atoms with Gasteiger partial charge in [-0.2, -0.15) is 0 Å². The third-order valence-corrected chi connectivity index (χ3v) is 1.49. The lowest BCUT2D eigenvalue weighted by Crippen LogP contribution is -2.04. The van der Waals surface area contributed by atoms with Crippen LogP contribution in [0.5, 0.6) is 0 Å². The Kier molecular flexibility index (Phi) is 2.78. The molecule has 12 heavy (non-hydrogen) atoms. The minimum atomic E-state index is -1.71. The fraction of sp³-hybridized carbons (Fsp3) is 0.250. The van der Waals surface area contributed by atoms with Crippen LogP contribution in [-0.4, -0.2) is 20.4 Å². The third-order valence-electron chi connectivity index (χ3n) is 1.49. The van der Waals surface area contributed by atoms with Crippen molar-refractivity contribution in [1.82, 2.24) is 0 Å². The molecular formula is C8H9O4. The van der Waals surface area contributed by atoms with Crippen molar-refractivity contribution in [2.24, 2.45) is 0 Å². The summed E-state index contributed by atoms with van der Waals surface area (Å²) in [6.45, 7) is 0. The molecule has 0 bridgehead atoms. The van der Waals surface area contributed by atoms with Crippen LogP contribution in [0.4, 0.5) is 0 Å². The first kappa shape index (κ1) is 9.15. The Bertz CT molecular complexity index is 230. The van der Waals surface area contributed by atoms with E-state index in [9.17, 15) is 0 Å². The van der Waals surface area contributed by atoms with Crippen LogP contribution in [-0.2, 0) is 0 Å². The average Bonchev–Trinajstić information content (AvgIpc) is 2.04. The van der Waals surface area contributed by atoms with Crippen LogP contribution in [0.1, 0.15) is 23.7 Å². The molecule has 0 aromatic heterocycles. The molecule has 4 N–H and O–H groups in total. The van der Waals surface area contributed by atoms with Gasteiger partial charge in [0.05, 0.1) is 0 Å². The van der Waals surface area contributed by atoms with Crippen LogP contribution in [0.2, 0.25) is 0 Å². The molecule has 4 heteroatoms. The SMILES string of the molecule is OC(O)c1c[c]ccc1C(O)O. The van der Waals surface area contributed by atoms with E-state index in [0.717, 1.165) is 0 Å². The monoisotopic (exact) mass is 169 g/mol. The molecule has 4 nitrogen and oxygen atoms in total. The van der Waals surface area contributed by atoms with E-state index >= 15 is 0 Å². The van der Waals surface area contributed by atoms with Crippen LogP contribution < -0.4 is 0 Å². The first-order valence-electron chi connectivity index (χ1n) is 3.35. The van der Waals surface area contributed by atoms with Gasteiger partial charge in [-0.3, -0.25) is 0 Å². The zero-order chi connectivity index (χ0) is 9.14. The van der Waals surface area contributed by atoms with E-state index in [1.165, 1.54) is 18.2 Å². The number of benzene rings is 1. The summed E-state index contributed by atoms with van der Waals surface area (Å²) < 4.78 is 0. The molecule has 1 aromatic carbocycles. The molecule has 1 aromatic rings. The normalized spacial score (nSPS) is 11.2. The van der Waals surface area contributed by atoms with Gasteiger partial charge >= 0.3 is 0 Å².